The molecule has 1 N–H and O–H groups in total. The number of hydrogen-bond acceptors (Lipinski definition) is 2. The molecule has 100 valence electrons. The average molecular weight is 255 g/mol. The van der Waals surface area contributed by atoms with Crippen molar-refractivity contribution in [2.24, 2.45) is 0 Å². The number of alkyl halides is 2. The lowest BCUT2D eigenvalue weighted by Gasteiger charge is -2.28. The monoisotopic (exact) mass is 255 g/mol. The van der Waals surface area contributed by atoms with Crippen molar-refractivity contribution in [2.45, 2.75) is 44.2 Å². The Labute approximate surface area is 106 Å². The Morgan fingerprint density at radius 1 is 1.22 bits per heavy atom. The number of ether oxygens (including phenoxy) is 1. The van der Waals surface area contributed by atoms with Crippen molar-refractivity contribution in [1.29, 1.82) is 0 Å². The third-order valence-corrected chi connectivity index (χ3v) is 3.47. The third kappa shape index (κ3) is 3.67. The van der Waals surface area contributed by atoms with Crippen LogP contribution >= 0.6 is 0 Å². The van der Waals surface area contributed by atoms with Crippen LogP contribution in [-0.2, 0) is 6.54 Å². The van der Waals surface area contributed by atoms with Crippen molar-refractivity contribution in [1.82, 2.24) is 5.32 Å². The van der Waals surface area contributed by atoms with E-state index in [2.05, 4.69) is 5.32 Å². The molecule has 1 saturated carbocycles. The van der Waals surface area contributed by atoms with Crippen LogP contribution in [0.3, 0.4) is 0 Å². The smallest absolute Gasteiger partial charge is 0.248 e. The first-order valence-corrected chi connectivity index (χ1v) is 6.33. The molecule has 4 heteroatoms. The van der Waals surface area contributed by atoms with Crippen LogP contribution in [0.4, 0.5) is 8.78 Å². The van der Waals surface area contributed by atoms with Crippen LogP contribution in [0.1, 0.15) is 31.2 Å². The summed E-state index contributed by atoms with van der Waals surface area (Å²) in [6, 6.07) is 8.01. The predicted molar refractivity (Wildman–Crippen MR) is 67.0 cm³/mol. The second-order valence-electron chi connectivity index (χ2n) is 4.86. The normalized spacial score (nSPS) is 19.7. The third-order valence-electron chi connectivity index (χ3n) is 3.47. The number of hydrogen-bond donors (Lipinski definition) is 1. The maximum Gasteiger partial charge on any atom is 0.248 e. The summed E-state index contributed by atoms with van der Waals surface area (Å²) in [6.45, 7) is 0.722. The van der Waals surface area contributed by atoms with Gasteiger partial charge in [0.25, 0.3) is 0 Å². The molecule has 0 bridgehead atoms. The number of benzene rings is 1. The summed E-state index contributed by atoms with van der Waals surface area (Å²) in [5, 5.41) is 3.34. The van der Waals surface area contributed by atoms with Gasteiger partial charge in [0, 0.05) is 25.4 Å². The van der Waals surface area contributed by atoms with Gasteiger partial charge < -0.3 is 10.1 Å². The van der Waals surface area contributed by atoms with E-state index in [1.807, 2.05) is 24.3 Å². The summed E-state index contributed by atoms with van der Waals surface area (Å²) < 4.78 is 31.0. The van der Waals surface area contributed by atoms with Crippen LogP contribution in [0.25, 0.3) is 0 Å². The summed E-state index contributed by atoms with van der Waals surface area (Å²) in [7, 11) is 1.63. The van der Waals surface area contributed by atoms with Crippen LogP contribution in [0.2, 0.25) is 0 Å². The molecule has 0 amide bonds. The highest BCUT2D eigenvalue weighted by Crippen LogP contribution is 2.33. The Hall–Kier alpha value is -1.16. The van der Waals surface area contributed by atoms with E-state index < -0.39 is 5.92 Å². The van der Waals surface area contributed by atoms with E-state index in [1.165, 1.54) is 0 Å². The zero-order valence-corrected chi connectivity index (χ0v) is 10.6. The van der Waals surface area contributed by atoms with Gasteiger partial charge in [0.05, 0.1) is 7.11 Å². The molecule has 1 fully saturated rings. The maximum atomic E-state index is 13.0. The van der Waals surface area contributed by atoms with Crippen LogP contribution in [0.5, 0.6) is 5.75 Å². The van der Waals surface area contributed by atoms with Gasteiger partial charge in [0.15, 0.2) is 0 Å². The maximum absolute atomic E-state index is 13.0. The molecule has 0 atom stereocenters. The lowest BCUT2D eigenvalue weighted by Crippen LogP contribution is -2.36. The molecule has 1 aliphatic carbocycles. The Bertz CT molecular complexity index is 368. The van der Waals surface area contributed by atoms with E-state index >= 15 is 0 Å². The van der Waals surface area contributed by atoms with Gasteiger partial charge in [-0.15, -0.1) is 0 Å². The largest absolute Gasteiger partial charge is 0.497 e. The number of methoxy groups -OCH3 is 1. The van der Waals surface area contributed by atoms with Gasteiger partial charge in [-0.1, -0.05) is 12.1 Å². The Balaban J connectivity index is 1.78. The van der Waals surface area contributed by atoms with Crippen molar-refractivity contribution >= 4 is 0 Å². The Morgan fingerprint density at radius 2 is 1.83 bits per heavy atom. The van der Waals surface area contributed by atoms with Crippen molar-refractivity contribution < 1.29 is 13.5 Å². The minimum Gasteiger partial charge on any atom is -0.497 e. The summed E-state index contributed by atoms with van der Waals surface area (Å²) in [5.41, 5.74) is 1.15. The fourth-order valence-electron chi connectivity index (χ4n) is 2.25. The summed E-state index contributed by atoms with van der Waals surface area (Å²) in [4.78, 5) is 0. The van der Waals surface area contributed by atoms with Crippen LogP contribution < -0.4 is 10.1 Å². The first-order valence-electron chi connectivity index (χ1n) is 6.33. The van der Waals surface area contributed by atoms with Gasteiger partial charge in [-0.25, -0.2) is 8.78 Å². The zero-order valence-electron chi connectivity index (χ0n) is 10.6. The molecular formula is C14H19F2NO. The minimum atomic E-state index is -2.45. The molecule has 2 rings (SSSR count). The lowest BCUT2D eigenvalue weighted by atomic mass is 9.92. The SMILES string of the molecule is COc1ccc(CNC2CCC(F)(F)CC2)cc1. The first kappa shape index (κ1) is 13.3. The molecule has 2 nitrogen and oxygen atoms in total. The molecular weight excluding hydrogens is 236 g/mol. The van der Waals surface area contributed by atoms with E-state index in [1.54, 1.807) is 7.11 Å². The summed E-state index contributed by atoms with van der Waals surface area (Å²) in [5.74, 6) is -1.62. The molecule has 18 heavy (non-hydrogen) atoms. The van der Waals surface area contributed by atoms with Crippen molar-refractivity contribution in [2.75, 3.05) is 7.11 Å². The minimum absolute atomic E-state index is 0.00722. The molecule has 0 unspecified atom stereocenters. The average Bonchev–Trinajstić information content (AvgIpc) is 2.38. The fourth-order valence-corrected chi connectivity index (χ4v) is 2.25. The Morgan fingerprint density at radius 3 is 2.39 bits per heavy atom. The zero-order chi connectivity index (χ0) is 13.0. The highest BCUT2D eigenvalue weighted by molar-refractivity contribution is 5.27. The van der Waals surface area contributed by atoms with Crippen molar-refractivity contribution in [3.05, 3.63) is 29.8 Å². The molecule has 0 spiro atoms. The lowest BCUT2D eigenvalue weighted by molar-refractivity contribution is -0.0405. The van der Waals surface area contributed by atoms with Gasteiger partial charge in [-0.2, -0.15) is 0 Å². The molecule has 0 aliphatic heterocycles. The molecule has 0 radical (unpaired) electrons. The van der Waals surface area contributed by atoms with E-state index in [0.717, 1.165) is 17.9 Å². The second kappa shape index (κ2) is 5.65. The molecule has 0 heterocycles. The van der Waals surface area contributed by atoms with Gasteiger partial charge >= 0.3 is 0 Å². The fraction of sp³-hybridized carbons (Fsp3) is 0.571. The van der Waals surface area contributed by atoms with Crippen LogP contribution in [0.15, 0.2) is 24.3 Å². The second-order valence-corrected chi connectivity index (χ2v) is 4.86. The molecule has 1 aromatic carbocycles. The van der Waals surface area contributed by atoms with Gasteiger partial charge in [-0.3, -0.25) is 0 Å². The Kier molecular flexibility index (Phi) is 4.17. The number of rotatable bonds is 4. The quantitative estimate of drug-likeness (QED) is 0.890. The summed E-state index contributed by atoms with van der Waals surface area (Å²) in [6.07, 6.45) is 1.13. The van der Waals surface area contributed by atoms with Gasteiger partial charge in [0.2, 0.25) is 5.92 Å². The van der Waals surface area contributed by atoms with Crippen molar-refractivity contribution in [3.8, 4) is 5.75 Å². The number of halogens is 2. The summed E-state index contributed by atoms with van der Waals surface area (Å²) >= 11 is 0. The molecule has 1 aliphatic rings. The van der Waals surface area contributed by atoms with Gasteiger partial charge in [0.1, 0.15) is 5.75 Å². The topological polar surface area (TPSA) is 21.3 Å². The molecule has 0 saturated heterocycles. The van der Waals surface area contributed by atoms with E-state index in [4.69, 9.17) is 4.74 Å². The van der Waals surface area contributed by atoms with Gasteiger partial charge in [-0.05, 0) is 30.5 Å². The van der Waals surface area contributed by atoms with E-state index in [0.29, 0.717) is 12.8 Å². The standard InChI is InChI=1S/C14H19F2NO/c1-18-13-4-2-11(3-5-13)10-17-12-6-8-14(15,16)9-7-12/h2-5,12,17H,6-10H2,1H3. The van der Waals surface area contributed by atoms with Crippen molar-refractivity contribution in [3.63, 3.8) is 0 Å². The first-order chi connectivity index (χ1) is 8.59. The predicted octanol–water partition coefficient (Wildman–Crippen LogP) is 3.36. The number of nitrogens with one attached hydrogen (secondary N) is 1. The molecule has 1 aromatic rings. The van der Waals surface area contributed by atoms with Crippen LogP contribution in [0, 0.1) is 0 Å². The van der Waals surface area contributed by atoms with Crippen LogP contribution in [-0.4, -0.2) is 19.1 Å². The highest BCUT2D eigenvalue weighted by atomic mass is 19.3. The van der Waals surface area contributed by atoms with E-state index in [-0.39, 0.29) is 18.9 Å². The molecule has 0 aromatic heterocycles. The van der Waals surface area contributed by atoms with E-state index in [9.17, 15) is 8.78 Å². The highest BCUT2D eigenvalue weighted by Gasteiger charge is 2.34.